The van der Waals surface area contributed by atoms with Crippen molar-refractivity contribution < 1.29 is 9.90 Å². The second-order valence-corrected chi connectivity index (χ2v) is 7.10. The van der Waals surface area contributed by atoms with Crippen molar-refractivity contribution in [2.24, 2.45) is 5.92 Å². The maximum atomic E-state index is 12.9. The number of benzene rings is 2. The van der Waals surface area contributed by atoms with Crippen LogP contribution in [0.15, 0.2) is 60.9 Å². The number of hydrogen-bond donors (Lipinski definition) is 2. The molecule has 1 aliphatic rings. The van der Waals surface area contributed by atoms with Crippen LogP contribution in [0.25, 0.3) is 11.4 Å². The summed E-state index contributed by atoms with van der Waals surface area (Å²) in [6.45, 7) is 1.65. The summed E-state index contributed by atoms with van der Waals surface area (Å²) in [6, 6.07) is 15.7. The summed E-state index contributed by atoms with van der Waals surface area (Å²) in [5.74, 6) is 1.33. The zero-order valence-electron chi connectivity index (χ0n) is 15.1. The third kappa shape index (κ3) is 3.93. The first kappa shape index (κ1) is 17.5. The largest absolute Gasteiger partial charge is 0.392 e. The number of amides is 1. The molecular formula is C22H23N3O2. The normalized spacial score (nSPS) is 16.6. The molecule has 0 spiro atoms. The van der Waals surface area contributed by atoms with E-state index < -0.39 is 0 Å². The van der Waals surface area contributed by atoms with Crippen LogP contribution in [-0.2, 0) is 13.0 Å². The topological polar surface area (TPSA) is 69.2 Å². The van der Waals surface area contributed by atoms with E-state index in [0.29, 0.717) is 11.5 Å². The van der Waals surface area contributed by atoms with Gasteiger partial charge in [-0.2, -0.15) is 0 Å². The minimum Gasteiger partial charge on any atom is -0.392 e. The predicted molar refractivity (Wildman–Crippen MR) is 104 cm³/mol. The number of carbonyl (C=O) groups excluding carboxylic acids is 1. The van der Waals surface area contributed by atoms with Gasteiger partial charge in [0.2, 0.25) is 0 Å². The molecule has 5 heteroatoms. The SMILES string of the molecule is O=C(c1cccc(-c2ncc[nH]2)c1)N1CC[C@H](Cc2ccc(CO)cc2)C1. The number of imidazole rings is 1. The van der Waals surface area contributed by atoms with Gasteiger partial charge in [0.15, 0.2) is 0 Å². The minimum atomic E-state index is 0.0725. The second kappa shape index (κ2) is 7.76. The van der Waals surface area contributed by atoms with E-state index in [1.165, 1.54) is 5.56 Å². The van der Waals surface area contributed by atoms with E-state index in [9.17, 15) is 4.79 Å². The van der Waals surface area contributed by atoms with Crippen molar-refractivity contribution in [2.75, 3.05) is 13.1 Å². The molecule has 4 rings (SSSR count). The minimum absolute atomic E-state index is 0.0725. The summed E-state index contributed by atoms with van der Waals surface area (Å²) in [6.07, 6.45) is 5.47. The first-order valence-electron chi connectivity index (χ1n) is 9.30. The highest BCUT2D eigenvalue weighted by molar-refractivity contribution is 5.95. The predicted octanol–water partition coefficient (Wildman–Crippen LogP) is 3.27. The van der Waals surface area contributed by atoms with Crippen molar-refractivity contribution in [3.05, 3.63) is 77.6 Å². The lowest BCUT2D eigenvalue weighted by atomic mass is 9.98. The molecule has 1 saturated heterocycles. The number of likely N-dealkylation sites (tertiary alicyclic amines) is 1. The van der Waals surface area contributed by atoms with Gasteiger partial charge in [0.05, 0.1) is 6.61 Å². The van der Waals surface area contributed by atoms with E-state index in [1.807, 2.05) is 41.3 Å². The van der Waals surface area contributed by atoms with Gasteiger partial charge in [0.25, 0.3) is 5.91 Å². The Morgan fingerprint density at radius 3 is 2.74 bits per heavy atom. The number of nitrogens with one attached hydrogen (secondary N) is 1. The van der Waals surface area contributed by atoms with Gasteiger partial charge in [0.1, 0.15) is 5.82 Å². The van der Waals surface area contributed by atoms with Crippen LogP contribution < -0.4 is 0 Å². The van der Waals surface area contributed by atoms with Crippen molar-refractivity contribution in [1.29, 1.82) is 0 Å². The van der Waals surface area contributed by atoms with Crippen LogP contribution >= 0.6 is 0 Å². The fourth-order valence-corrected chi connectivity index (χ4v) is 3.70. The van der Waals surface area contributed by atoms with Crippen LogP contribution in [0.2, 0.25) is 0 Å². The zero-order chi connectivity index (χ0) is 18.6. The van der Waals surface area contributed by atoms with E-state index in [1.54, 1.807) is 12.4 Å². The highest BCUT2D eigenvalue weighted by Gasteiger charge is 2.27. The van der Waals surface area contributed by atoms with Crippen molar-refractivity contribution in [1.82, 2.24) is 14.9 Å². The molecule has 2 heterocycles. The second-order valence-electron chi connectivity index (χ2n) is 7.10. The first-order valence-corrected chi connectivity index (χ1v) is 9.30. The van der Waals surface area contributed by atoms with Gasteiger partial charge in [-0.05, 0) is 42.0 Å². The number of hydrogen-bond acceptors (Lipinski definition) is 3. The van der Waals surface area contributed by atoms with Crippen LogP contribution in [0.5, 0.6) is 0 Å². The van der Waals surface area contributed by atoms with E-state index in [-0.39, 0.29) is 12.5 Å². The van der Waals surface area contributed by atoms with Gasteiger partial charge in [-0.15, -0.1) is 0 Å². The molecule has 0 bridgehead atoms. The van der Waals surface area contributed by atoms with E-state index >= 15 is 0 Å². The number of aromatic amines is 1. The number of nitrogens with zero attached hydrogens (tertiary/aromatic N) is 2. The third-order valence-electron chi connectivity index (χ3n) is 5.18. The van der Waals surface area contributed by atoms with E-state index in [4.69, 9.17) is 5.11 Å². The molecule has 2 aromatic carbocycles. The fraction of sp³-hybridized carbons (Fsp3) is 0.273. The molecule has 1 aromatic heterocycles. The van der Waals surface area contributed by atoms with Crippen LogP contribution in [0, 0.1) is 5.92 Å². The molecule has 5 nitrogen and oxygen atoms in total. The molecule has 1 fully saturated rings. The quantitative estimate of drug-likeness (QED) is 0.733. The third-order valence-corrected chi connectivity index (χ3v) is 5.18. The summed E-state index contributed by atoms with van der Waals surface area (Å²) in [5.41, 5.74) is 3.81. The number of aromatic nitrogens is 2. The molecule has 1 aliphatic heterocycles. The molecule has 1 amide bonds. The number of carbonyl (C=O) groups is 1. The standard InChI is InChI=1S/C22H23N3O2/c26-15-17-6-4-16(5-7-17)12-18-8-11-25(14-18)22(27)20-3-1-2-19(13-20)21-23-9-10-24-21/h1-7,9-10,13,18,26H,8,11-12,14-15H2,(H,23,24)/t18-/m1/s1. The Morgan fingerprint density at radius 1 is 1.19 bits per heavy atom. The lowest BCUT2D eigenvalue weighted by Crippen LogP contribution is -2.29. The maximum absolute atomic E-state index is 12.9. The molecule has 0 aliphatic carbocycles. The Morgan fingerprint density at radius 2 is 2.00 bits per heavy atom. The summed E-state index contributed by atoms with van der Waals surface area (Å²) >= 11 is 0. The van der Waals surface area contributed by atoms with Crippen molar-refractivity contribution in [3.63, 3.8) is 0 Å². The highest BCUT2D eigenvalue weighted by Crippen LogP contribution is 2.24. The Kier molecular flexibility index (Phi) is 5.03. The van der Waals surface area contributed by atoms with Crippen LogP contribution in [0.1, 0.15) is 27.9 Å². The first-order chi connectivity index (χ1) is 13.2. The van der Waals surface area contributed by atoms with Gasteiger partial charge in [0, 0.05) is 36.6 Å². The summed E-state index contributed by atoms with van der Waals surface area (Å²) in [7, 11) is 0. The Balaban J connectivity index is 1.41. The molecule has 27 heavy (non-hydrogen) atoms. The van der Waals surface area contributed by atoms with Crippen molar-refractivity contribution >= 4 is 5.91 Å². The Labute approximate surface area is 158 Å². The average Bonchev–Trinajstić information content (AvgIpc) is 3.40. The molecule has 0 saturated carbocycles. The number of H-pyrrole nitrogens is 1. The monoisotopic (exact) mass is 361 g/mol. The van der Waals surface area contributed by atoms with Crippen molar-refractivity contribution in [3.8, 4) is 11.4 Å². The fourth-order valence-electron chi connectivity index (χ4n) is 3.70. The number of aliphatic hydroxyl groups excluding tert-OH is 1. The lowest BCUT2D eigenvalue weighted by molar-refractivity contribution is 0.0787. The van der Waals surface area contributed by atoms with Crippen molar-refractivity contribution in [2.45, 2.75) is 19.4 Å². The Hall–Kier alpha value is -2.92. The van der Waals surface area contributed by atoms with Gasteiger partial charge in [-0.3, -0.25) is 4.79 Å². The highest BCUT2D eigenvalue weighted by atomic mass is 16.3. The van der Waals surface area contributed by atoms with Gasteiger partial charge in [-0.1, -0.05) is 36.4 Å². The zero-order valence-corrected chi connectivity index (χ0v) is 15.1. The smallest absolute Gasteiger partial charge is 0.253 e. The van der Waals surface area contributed by atoms with Crippen LogP contribution in [-0.4, -0.2) is 39.0 Å². The van der Waals surface area contributed by atoms with E-state index in [0.717, 1.165) is 42.9 Å². The molecule has 0 radical (unpaired) electrons. The number of aliphatic hydroxyl groups is 1. The molecule has 0 unspecified atom stereocenters. The van der Waals surface area contributed by atoms with Gasteiger partial charge >= 0.3 is 0 Å². The number of rotatable bonds is 5. The summed E-state index contributed by atoms with van der Waals surface area (Å²) in [5, 5.41) is 9.15. The molecule has 138 valence electrons. The summed E-state index contributed by atoms with van der Waals surface area (Å²) in [4.78, 5) is 22.2. The molecule has 3 aromatic rings. The molecule has 1 atom stereocenters. The maximum Gasteiger partial charge on any atom is 0.253 e. The molecule has 2 N–H and O–H groups in total. The van der Waals surface area contributed by atoms with Gasteiger partial charge in [-0.25, -0.2) is 4.98 Å². The average molecular weight is 361 g/mol. The Bertz CT molecular complexity index is 904. The molecular weight excluding hydrogens is 338 g/mol. The lowest BCUT2D eigenvalue weighted by Gasteiger charge is -2.17. The van der Waals surface area contributed by atoms with E-state index in [2.05, 4.69) is 22.1 Å². The van der Waals surface area contributed by atoms with Gasteiger partial charge < -0.3 is 15.0 Å². The van der Waals surface area contributed by atoms with Crippen LogP contribution in [0.3, 0.4) is 0 Å². The van der Waals surface area contributed by atoms with Crippen LogP contribution in [0.4, 0.5) is 0 Å². The summed E-state index contributed by atoms with van der Waals surface area (Å²) < 4.78 is 0.